The van der Waals surface area contributed by atoms with Gasteiger partial charge in [0.05, 0.1) is 0 Å². The first-order chi connectivity index (χ1) is 7.58. The fourth-order valence-corrected chi connectivity index (χ4v) is 2.29. The van der Waals surface area contributed by atoms with Crippen LogP contribution in [0.15, 0.2) is 30.3 Å². The van der Waals surface area contributed by atoms with Crippen LogP contribution in [-0.2, 0) is 6.42 Å². The van der Waals surface area contributed by atoms with Gasteiger partial charge in [-0.05, 0) is 53.6 Å². The molecule has 0 bridgehead atoms. The third-order valence-electron chi connectivity index (χ3n) is 3.16. The van der Waals surface area contributed by atoms with Gasteiger partial charge < -0.3 is 0 Å². The second kappa shape index (κ2) is 4.29. The van der Waals surface area contributed by atoms with Gasteiger partial charge in [0.2, 0.25) is 0 Å². The highest BCUT2D eigenvalue weighted by molar-refractivity contribution is 5.88. The summed E-state index contributed by atoms with van der Waals surface area (Å²) in [7, 11) is 0. The van der Waals surface area contributed by atoms with E-state index in [0.717, 1.165) is 5.92 Å². The molecule has 0 fully saturated rings. The molecule has 0 atom stereocenters. The lowest BCUT2D eigenvalue weighted by Gasteiger charge is -2.10. The number of hydrogen-bond acceptors (Lipinski definition) is 0. The van der Waals surface area contributed by atoms with Gasteiger partial charge in [0.25, 0.3) is 0 Å². The summed E-state index contributed by atoms with van der Waals surface area (Å²) >= 11 is 0. The van der Waals surface area contributed by atoms with Crippen molar-refractivity contribution >= 4 is 10.8 Å². The number of hydrogen-bond donors (Lipinski definition) is 0. The first-order valence-corrected chi connectivity index (χ1v) is 6.07. The molecule has 0 radical (unpaired) electrons. The third kappa shape index (κ3) is 2.11. The van der Waals surface area contributed by atoms with Crippen LogP contribution in [0.2, 0.25) is 0 Å². The first-order valence-electron chi connectivity index (χ1n) is 6.07. The summed E-state index contributed by atoms with van der Waals surface area (Å²) in [4.78, 5) is 0. The Hall–Kier alpha value is -1.30. The van der Waals surface area contributed by atoms with E-state index in [1.165, 1.54) is 33.9 Å². The van der Waals surface area contributed by atoms with E-state index < -0.39 is 0 Å². The lowest BCUT2D eigenvalue weighted by atomic mass is 9.95. The van der Waals surface area contributed by atoms with Crippen molar-refractivity contribution in [2.45, 2.75) is 34.1 Å². The molecule has 0 unspecified atom stereocenters. The second-order valence-corrected chi connectivity index (χ2v) is 5.18. The van der Waals surface area contributed by atoms with Crippen LogP contribution in [0.3, 0.4) is 0 Å². The van der Waals surface area contributed by atoms with Crippen molar-refractivity contribution in [1.82, 2.24) is 0 Å². The number of benzene rings is 2. The summed E-state index contributed by atoms with van der Waals surface area (Å²) in [5.41, 5.74) is 4.21. The Kier molecular flexibility index (Phi) is 3.00. The molecule has 0 N–H and O–H groups in total. The van der Waals surface area contributed by atoms with Crippen LogP contribution in [0.5, 0.6) is 0 Å². The van der Waals surface area contributed by atoms with Crippen molar-refractivity contribution in [2.24, 2.45) is 5.92 Å². The van der Waals surface area contributed by atoms with Crippen LogP contribution in [0.25, 0.3) is 10.8 Å². The maximum atomic E-state index is 2.36. The van der Waals surface area contributed by atoms with Crippen LogP contribution in [0.4, 0.5) is 0 Å². The molecule has 2 aromatic rings. The number of fused-ring (bicyclic) bond motifs is 1. The Morgan fingerprint density at radius 1 is 0.875 bits per heavy atom. The maximum Gasteiger partial charge on any atom is -0.0149 e. The van der Waals surface area contributed by atoms with E-state index in [4.69, 9.17) is 0 Å². The summed E-state index contributed by atoms with van der Waals surface area (Å²) < 4.78 is 0. The molecule has 2 rings (SSSR count). The van der Waals surface area contributed by atoms with Crippen LogP contribution in [-0.4, -0.2) is 0 Å². The van der Waals surface area contributed by atoms with Crippen molar-refractivity contribution in [3.8, 4) is 0 Å². The van der Waals surface area contributed by atoms with Crippen molar-refractivity contribution in [2.75, 3.05) is 0 Å². The van der Waals surface area contributed by atoms with E-state index in [2.05, 4.69) is 58.0 Å². The van der Waals surface area contributed by atoms with Crippen LogP contribution in [0.1, 0.15) is 30.5 Å². The van der Waals surface area contributed by atoms with Crippen LogP contribution < -0.4 is 0 Å². The molecular formula is C16H20. The first kappa shape index (κ1) is 11.2. The molecule has 0 nitrogen and oxygen atoms in total. The van der Waals surface area contributed by atoms with Gasteiger partial charge in [-0.1, -0.05) is 44.2 Å². The van der Waals surface area contributed by atoms with Gasteiger partial charge >= 0.3 is 0 Å². The molecule has 0 heteroatoms. The van der Waals surface area contributed by atoms with Gasteiger partial charge in [0.1, 0.15) is 0 Å². The highest BCUT2D eigenvalue weighted by Crippen LogP contribution is 2.24. The minimum Gasteiger partial charge on any atom is -0.0625 e. The molecule has 0 saturated heterocycles. The standard InChI is InChI=1S/C16H20/c1-11(2)9-14-7-8-15-12(3)5-6-13(4)16(15)10-14/h5-8,10-11H,9H2,1-4H3. The summed E-state index contributed by atoms with van der Waals surface area (Å²) in [5, 5.41) is 2.81. The highest BCUT2D eigenvalue weighted by Gasteiger charge is 2.03. The van der Waals surface area contributed by atoms with Gasteiger partial charge in [-0.25, -0.2) is 0 Å². The molecule has 0 amide bonds. The minimum atomic E-state index is 0.725. The van der Waals surface area contributed by atoms with Crippen molar-refractivity contribution in [3.63, 3.8) is 0 Å². The Labute approximate surface area is 98.3 Å². The summed E-state index contributed by atoms with van der Waals surface area (Å²) in [5.74, 6) is 0.725. The van der Waals surface area contributed by atoms with Crippen molar-refractivity contribution < 1.29 is 0 Å². The molecule has 2 aromatic carbocycles. The van der Waals surface area contributed by atoms with Crippen LogP contribution in [0, 0.1) is 19.8 Å². The molecule has 0 aliphatic heterocycles. The zero-order valence-corrected chi connectivity index (χ0v) is 10.7. The van der Waals surface area contributed by atoms with E-state index in [-0.39, 0.29) is 0 Å². The quantitative estimate of drug-likeness (QED) is 0.679. The van der Waals surface area contributed by atoms with Crippen molar-refractivity contribution in [3.05, 3.63) is 47.0 Å². The maximum absolute atomic E-state index is 2.36. The SMILES string of the molecule is Cc1ccc(C)c2cc(CC(C)C)ccc12. The normalized spacial score (nSPS) is 11.3. The molecule has 0 heterocycles. The smallest absolute Gasteiger partial charge is 0.0149 e. The van der Waals surface area contributed by atoms with Gasteiger partial charge in [-0.15, -0.1) is 0 Å². The summed E-state index contributed by atoms with van der Waals surface area (Å²) in [6.45, 7) is 8.92. The van der Waals surface area contributed by atoms with E-state index in [0.29, 0.717) is 0 Å². The zero-order chi connectivity index (χ0) is 11.7. The van der Waals surface area contributed by atoms with E-state index in [1.54, 1.807) is 0 Å². The third-order valence-corrected chi connectivity index (χ3v) is 3.16. The fraction of sp³-hybridized carbons (Fsp3) is 0.375. The molecule has 0 aliphatic carbocycles. The lowest BCUT2D eigenvalue weighted by molar-refractivity contribution is 0.648. The molecule has 0 saturated carbocycles. The summed E-state index contributed by atoms with van der Waals surface area (Å²) in [6.07, 6.45) is 1.17. The average Bonchev–Trinajstić information content (AvgIpc) is 2.23. The number of aryl methyl sites for hydroxylation is 2. The molecule has 84 valence electrons. The fourth-order valence-electron chi connectivity index (χ4n) is 2.29. The monoisotopic (exact) mass is 212 g/mol. The lowest BCUT2D eigenvalue weighted by Crippen LogP contribution is -1.94. The molecule has 0 aliphatic rings. The van der Waals surface area contributed by atoms with Gasteiger partial charge in [-0.2, -0.15) is 0 Å². The predicted octanol–water partition coefficient (Wildman–Crippen LogP) is 4.66. The van der Waals surface area contributed by atoms with Gasteiger partial charge in [-0.3, -0.25) is 0 Å². The Morgan fingerprint density at radius 3 is 2.12 bits per heavy atom. The highest BCUT2D eigenvalue weighted by atomic mass is 14.1. The topological polar surface area (TPSA) is 0 Å². The van der Waals surface area contributed by atoms with Crippen molar-refractivity contribution in [1.29, 1.82) is 0 Å². The Balaban J connectivity index is 2.57. The van der Waals surface area contributed by atoms with Gasteiger partial charge in [0.15, 0.2) is 0 Å². The van der Waals surface area contributed by atoms with Crippen LogP contribution >= 0.6 is 0 Å². The predicted molar refractivity (Wildman–Crippen MR) is 72.0 cm³/mol. The molecule has 0 aromatic heterocycles. The Morgan fingerprint density at radius 2 is 1.50 bits per heavy atom. The number of rotatable bonds is 2. The second-order valence-electron chi connectivity index (χ2n) is 5.18. The van der Waals surface area contributed by atoms with E-state index >= 15 is 0 Å². The zero-order valence-electron chi connectivity index (χ0n) is 10.7. The van der Waals surface area contributed by atoms with E-state index in [9.17, 15) is 0 Å². The largest absolute Gasteiger partial charge is 0.0625 e. The molecule has 0 spiro atoms. The molecular weight excluding hydrogens is 192 g/mol. The average molecular weight is 212 g/mol. The van der Waals surface area contributed by atoms with Gasteiger partial charge in [0, 0.05) is 0 Å². The Bertz CT molecular complexity index is 507. The minimum absolute atomic E-state index is 0.725. The molecule has 16 heavy (non-hydrogen) atoms. The summed E-state index contributed by atoms with van der Waals surface area (Å²) in [6, 6.07) is 11.3. The van der Waals surface area contributed by atoms with E-state index in [1.807, 2.05) is 0 Å².